The van der Waals surface area contributed by atoms with Crippen LogP contribution in [0, 0.1) is 0 Å². The van der Waals surface area contributed by atoms with Gasteiger partial charge in [0, 0.05) is 0 Å². The zero-order valence-corrected chi connectivity index (χ0v) is 31.0. The standard InChI is InChI=1S/C41H81NO4/c1-3-5-7-9-11-13-15-17-18-19-20-21-23-24-26-28-30-32-34-38(44)36-41(46)42-39(37-43)40(45)35-33-31-29-27-25-22-16-14-12-10-8-6-4-2/h33,35,38-40,43-45H,3-32,34,36-37H2,1-2H3,(H,42,46)/b35-33+/t38-,39+,40-/m1/s1. The first-order chi connectivity index (χ1) is 22.5. The van der Waals surface area contributed by atoms with Crippen LogP contribution in [-0.2, 0) is 4.79 Å². The monoisotopic (exact) mass is 652 g/mol. The SMILES string of the molecule is CCCCCCCCCCCCC/C=C/[C@@H](O)[C@H](CO)NC(=O)C[C@H](O)CCCCCCCCCCCCCCCCCCCC. The highest BCUT2D eigenvalue weighted by atomic mass is 16.3. The minimum atomic E-state index is -0.922. The van der Waals surface area contributed by atoms with Gasteiger partial charge in [0.1, 0.15) is 0 Å². The Bertz CT molecular complexity index is 640. The fourth-order valence-corrected chi connectivity index (χ4v) is 6.40. The van der Waals surface area contributed by atoms with Crippen LogP contribution in [0.5, 0.6) is 0 Å². The summed E-state index contributed by atoms with van der Waals surface area (Å²) in [6, 6.07) is -0.738. The maximum atomic E-state index is 12.4. The van der Waals surface area contributed by atoms with E-state index in [2.05, 4.69) is 19.2 Å². The first-order valence-corrected chi connectivity index (χ1v) is 20.5. The highest BCUT2D eigenvalue weighted by molar-refractivity contribution is 5.76. The number of hydrogen-bond donors (Lipinski definition) is 4. The summed E-state index contributed by atoms with van der Waals surface area (Å²) in [6.07, 6.45) is 42.0. The van der Waals surface area contributed by atoms with E-state index in [0.29, 0.717) is 6.42 Å². The fraction of sp³-hybridized carbons (Fsp3) is 0.927. The highest BCUT2D eigenvalue weighted by Crippen LogP contribution is 2.16. The van der Waals surface area contributed by atoms with Crippen molar-refractivity contribution < 1.29 is 20.1 Å². The molecule has 0 bridgehead atoms. The van der Waals surface area contributed by atoms with Crippen LogP contribution in [0.2, 0.25) is 0 Å². The average molecular weight is 652 g/mol. The Balaban J connectivity index is 3.65. The molecule has 0 aromatic rings. The van der Waals surface area contributed by atoms with Gasteiger partial charge in [-0.05, 0) is 19.3 Å². The molecule has 0 aromatic heterocycles. The summed E-state index contributed by atoms with van der Waals surface area (Å²) in [6.45, 7) is 4.21. The van der Waals surface area contributed by atoms with Gasteiger partial charge in [0.25, 0.3) is 0 Å². The van der Waals surface area contributed by atoms with Crippen molar-refractivity contribution in [1.82, 2.24) is 5.32 Å². The molecule has 0 rings (SSSR count). The molecule has 0 aliphatic rings. The van der Waals surface area contributed by atoms with Gasteiger partial charge in [-0.3, -0.25) is 4.79 Å². The summed E-state index contributed by atoms with van der Waals surface area (Å²) in [4.78, 5) is 12.4. The summed E-state index contributed by atoms with van der Waals surface area (Å²) in [5.41, 5.74) is 0. The Labute approximate surface area is 287 Å². The Morgan fingerprint density at radius 2 is 0.891 bits per heavy atom. The topological polar surface area (TPSA) is 89.8 Å². The van der Waals surface area contributed by atoms with Crippen molar-refractivity contribution in [2.24, 2.45) is 0 Å². The molecule has 0 radical (unpaired) electrons. The second-order valence-electron chi connectivity index (χ2n) is 14.3. The van der Waals surface area contributed by atoms with E-state index in [1.807, 2.05) is 6.08 Å². The third kappa shape index (κ3) is 33.0. The number of rotatable bonds is 37. The maximum absolute atomic E-state index is 12.4. The van der Waals surface area contributed by atoms with E-state index in [-0.39, 0.29) is 18.9 Å². The lowest BCUT2D eigenvalue weighted by atomic mass is 10.0. The molecular formula is C41H81NO4. The van der Waals surface area contributed by atoms with Crippen molar-refractivity contribution in [1.29, 1.82) is 0 Å². The first-order valence-electron chi connectivity index (χ1n) is 20.5. The lowest BCUT2D eigenvalue weighted by Crippen LogP contribution is -2.45. The average Bonchev–Trinajstić information content (AvgIpc) is 3.05. The number of aliphatic hydroxyl groups is 3. The molecule has 0 aliphatic carbocycles. The number of allylic oxidation sites excluding steroid dienone is 1. The van der Waals surface area contributed by atoms with Gasteiger partial charge in [0.15, 0.2) is 0 Å². The quantitative estimate of drug-likeness (QED) is 0.0397. The van der Waals surface area contributed by atoms with Crippen molar-refractivity contribution in [3.63, 3.8) is 0 Å². The van der Waals surface area contributed by atoms with Gasteiger partial charge in [-0.15, -0.1) is 0 Å². The Hall–Kier alpha value is -0.910. The van der Waals surface area contributed by atoms with Crippen LogP contribution in [0.25, 0.3) is 0 Å². The summed E-state index contributed by atoms with van der Waals surface area (Å²) in [5, 5.41) is 33.1. The molecule has 5 nitrogen and oxygen atoms in total. The molecule has 0 saturated carbocycles. The molecular weight excluding hydrogens is 570 g/mol. The fourth-order valence-electron chi connectivity index (χ4n) is 6.40. The highest BCUT2D eigenvalue weighted by Gasteiger charge is 2.20. The van der Waals surface area contributed by atoms with Crippen molar-refractivity contribution in [2.45, 2.75) is 238 Å². The molecule has 0 spiro atoms. The Morgan fingerprint density at radius 1 is 0.543 bits per heavy atom. The summed E-state index contributed by atoms with van der Waals surface area (Å²) >= 11 is 0. The van der Waals surface area contributed by atoms with Crippen molar-refractivity contribution in [3.05, 3.63) is 12.2 Å². The van der Waals surface area contributed by atoms with E-state index in [1.54, 1.807) is 6.08 Å². The number of carbonyl (C=O) groups is 1. The molecule has 0 saturated heterocycles. The van der Waals surface area contributed by atoms with E-state index < -0.39 is 18.2 Å². The van der Waals surface area contributed by atoms with Crippen LogP contribution < -0.4 is 5.32 Å². The summed E-state index contributed by atoms with van der Waals surface area (Å²) < 4.78 is 0. The molecule has 0 fully saturated rings. The van der Waals surface area contributed by atoms with Gasteiger partial charge in [-0.25, -0.2) is 0 Å². The second kappa shape index (κ2) is 36.9. The van der Waals surface area contributed by atoms with E-state index in [0.717, 1.165) is 25.7 Å². The van der Waals surface area contributed by atoms with E-state index in [4.69, 9.17) is 0 Å². The molecule has 0 unspecified atom stereocenters. The number of aliphatic hydroxyl groups excluding tert-OH is 3. The third-order valence-corrected chi connectivity index (χ3v) is 9.57. The molecule has 0 aromatic carbocycles. The molecule has 3 atom stereocenters. The summed E-state index contributed by atoms with van der Waals surface area (Å²) in [7, 11) is 0. The van der Waals surface area contributed by atoms with Crippen LogP contribution >= 0.6 is 0 Å². The van der Waals surface area contributed by atoms with Crippen LogP contribution in [0.15, 0.2) is 12.2 Å². The zero-order chi connectivity index (χ0) is 33.8. The number of hydrogen-bond acceptors (Lipinski definition) is 4. The van der Waals surface area contributed by atoms with Gasteiger partial charge in [0.2, 0.25) is 5.91 Å². The third-order valence-electron chi connectivity index (χ3n) is 9.57. The maximum Gasteiger partial charge on any atom is 0.222 e. The number of carbonyl (C=O) groups excluding carboxylic acids is 1. The Kier molecular flexibility index (Phi) is 36.2. The predicted molar refractivity (Wildman–Crippen MR) is 199 cm³/mol. The summed E-state index contributed by atoms with van der Waals surface area (Å²) in [5.74, 6) is -0.313. The predicted octanol–water partition coefficient (Wildman–Crippen LogP) is 11.3. The number of nitrogens with one attached hydrogen (secondary N) is 1. The van der Waals surface area contributed by atoms with Gasteiger partial charge < -0.3 is 20.6 Å². The van der Waals surface area contributed by atoms with Crippen LogP contribution in [-0.4, -0.2) is 46.1 Å². The van der Waals surface area contributed by atoms with Gasteiger partial charge in [-0.2, -0.15) is 0 Å². The molecule has 274 valence electrons. The van der Waals surface area contributed by atoms with Crippen molar-refractivity contribution in [3.8, 4) is 0 Å². The second-order valence-corrected chi connectivity index (χ2v) is 14.3. The number of amides is 1. The van der Waals surface area contributed by atoms with Gasteiger partial charge in [-0.1, -0.05) is 206 Å². The van der Waals surface area contributed by atoms with Crippen LogP contribution in [0.1, 0.15) is 219 Å². The number of unbranched alkanes of at least 4 members (excludes halogenated alkanes) is 28. The van der Waals surface area contributed by atoms with E-state index in [9.17, 15) is 20.1 Å². The normalized spacial score (nSPS) is 13.8. The van der Waals surface area contributed by atoms with Crippen LogP contribution in [0.3, 0.4) is 0 Å². The zero-order valence-electron chi connectivity index (χ0n) is 31.0. The largest absolute Gasteiger partial charge is 0.394 e. The first kappa shape index (κ1) is 45.1. The van der Waals surface area contributed by atoms with E-state index in [1.165, 1.54) is 167 Å². The lowest BCUT2D eigenvalue weighted by Gasteiger charge is -2.21. The molecule has 0 heterocycles. The minimum Gasteiger partial charge on any atom is -0.394 e. The van der Waals surface area contributed by atoms with Crippen LogP contribution in [0.4, 0.5) is 0 Å². The molecule has 0 aliphatic heterocycles. The van der Waals surface area contributed by atoms with Crippen molar-refractivity contribution in [2.75, 3.05) is 6.61 Å². The van der Waals surface area contributed by atoms with Gasteiger partial charge >= 0.3 is 0 Å². The molecule has 4 N–H and O–H groups in total. The van der Waals surface area contributed by atoms with Gasteiger partial charge in [0.05, 0.1) is 31.3 Å². The minimum absolute atomic E-state index is 0.0185. The Morgan fingerprint density at radius 3 is 1.26 bits per heavy atom. The molecule has 5 heteroatoms. The molecule has 46 heavy (non-hydrogen) atoms. The molecule has 1 amide bonds. The van der Waals surface area contributed by atoms with Crippen molar-refractivity contribution >= 4 is 5.91 Å². The smallest absolute Gasteiger partial charge is 0.222 e. The lowest BCUT2D eigenvalue weighted by molar-refractivity contribution is -0.124. The van der Waals surface area contributed by atoms with E-state index >= 15 is 0 Å².